The van der Waals surface area contributed by atoms with Gasteiger partial charge in [0, 0.05) is 50.8 Å². The molecule has 0 spiro atoms. The van der Waals surface area contributed by atoms with Gasteiger partial charge in [0.2, 0.25) is 0 Å². The Bertz CT molecular complexity index is 669. The molecular formula is C21H31N5O. The lowest BCUT2D eigenvalue weighted by molar-refractivity contribution is 0.0546. The van der Waals surface area contributed by atoms with Crippen molar-refractivity contribution in [1.82, 2.24) is 20.1 Å². The minimum Gasteiger partial charge on any atom is -0.382 e. The number of nitrogens with one attached hydrogen (secondary N) is 1. The van der Waals surface area contributed by atoms with Gasteiger partial charge in [-0.25, -0.2) is 0 Å². The van der Waals surface area contributed by atoms with Crippen molar-refractivity contribution >= 4 is 5.82 Å². The Labute approximate surface area is 161 Å². The zero-order chi connectivity index (χ0) is 18.5. The first-order valence-corrected chi connectivity index (χ1v) is 10.3. The third-order valence-corrected chi connectivity index (χ3v) is 6.24. The Morgan fingerprint density at radius 1 is 1.04 bits per heavy atom. The second kappa shape index (κ2) is 8.85. The van der Waals surface area contributed by atoms with E-state index in [1.807, 2.05) is 24.5 Å². The van der Waals surface area contributed by atoms with E-state index in [0.29, 0.717) is 5.82 Å². The van der Waals surface area contributed by atoms with Crippen LogP contribution in [0.4, 0.5) is 5.82 Å². The van der Waals surface area contributed by atoms with Crippen LogP contribution >= 0.6 is 0 Å². The molecule has 1 unspecified atom stereocenters. The van der Waals surface area contributed by atoms with E-state index < -0.39 is 0 Å². The lowest BCUT2D eigenvalue weighted by Gasteiger charge is -2.27. The molecule has 0 amide bonds. The summed E-state index contributed by atoms with van der Waals surface area (Å²) < 4.78 is 5.42. The highest BCUT2D eigenvalue weighted by Crippen LogP contribution is 2.38. The van der Waals surface area contributed by atoms with Gasteiger partial charge >= 0.3 is 0 Å². The van der Waals surface area contributed by atoms with Crippen LogP contribution in [0.5, 0.6) is 0 Å². The first kappa shape index (κ1) is 18.4. The van der Waals surface area contributed by atoms with E-state index >= 15 is 0 Å². The highest BCUT2D eigenvalue weighted by atomic mass is 16.5. The average molecular weight is 370 g/mol. The number of aromatic amines is 1. The minimum atomic E-state index is 0.439. The molecule has 0 bridgehead atoms. The molecule has 27 heavy (non-hydrogen) atoms. The van der Waals surface area contributed by atoms with Crippen LogP contribution in [0.2, 0.25) is 0 Å². The second-order valence-electron chi connectivity index (χ2n) is 8.17. The summed E-state index contributed by atoms with van der Waals surface area (Å²) >= 11 is 0. The maximum absolute atomic E-state index is 5.42. The van der Waals surface area contributed by atoms with Crippen molar-refractivity contribution in [1.29, 1.82) is 0 Å². The highest BCUT2D eigenvalue weighted by Gasteiger charge is 2.36. The van der Waals surface area contributed by atoms with Crippen molar-refractivity contribution in [3.8, 4) is 11.3 Å². The summed E-state index contributed by atoms with van der Waals surface area (Å²) in [7, 11) is 0. The number of likely N-dealkylation sites (tertiary alicyclic amines) is 1. The monoisotopic (exact) mass is 369 g/mol. The summed E-state index contributed by atoms with van der Waals surface area (Å²) in [6.07, 6.45) is 10.8. The molecule has 2 aliphatic heterocycles. The smallest absolute Gasteiger partial charge is 0.146 e. The molecule has 4 heterocycles. The fourth-order valence-electron chi connectivity index (χ4n) is 4.76. The van der Waals surface area contributed by atoms with Crippen LogP contribution in [0.25, 0.3) is 11.3 Å². The van der Waals surface area contributed by atoms with E-state index in [9.17, 15) is 0 Å². The summed E-state index contributed by atoms with van der Waals surface area (Å²) in [6, 6.07) is 5.50. The zero-order valence-corrected chi connectivity index (χ0v) is 16.0. The van der Waals surface area contributed by atoms with Crippen molar-refractivity contribution in [3.63, 3.8) is 0 Å². The Morgan fingerprint density at radius 2 is 1.81 bits per heavy atom. The molecule has 0 aromatic carbocycles. The Hall–Kier alpha value is -1.92. The molecule has 6 nitrogen and oxygen atoms in total. The standard InChI is InChI=1S/C13H23NO.C8H8N4/c1-2-12-9-14(10-13(12)3-1)8-11-4-6-15-7-5-11;9-8-2-1-7(11-12-8)6-3-4-10-5-6/h11-13H,1-10H2;1-5,10H,(H2,9,12)/t12-,13?;/m0./s1. The fraction of sp³-hybridized carbons (Fsp3) is 0.619. The number of hydrogen-bond donors (Lipinski definition) is 2. The van der Waals surface area contributed by atoms with Crippen LogP contribution in [-0.2, 0) is 4.74 Å². The number of hydrogen-bond acceptors (Lipinski definition) is 5. The largest absolute Gasteiger partial charge is 0.382 e. The van der Waals surface area contributed by atoms with Crippen LogP contribution in [0.3, 0.4) is 0 Å². The van der Waals surface area contributed by atoms with Crippen molar-refractivity contribution in [2.45, 2.75) is 32.1 Å². The number of nitrogens with zero attached hydrogens (tertiary/aromatic N) is 3. The van der Waals surface area contributed by atoms with E-state index in [0.717, 1.165) is 42.2 Å². The normalized spacial score (nSPS) is 25.8. The third-order valence-electron chi connectivity index (χ3n) is 6.24. The molecule has 3 aliphatic rings. The van der Waals surface area contributed by atoms with Crippen LogP contribution in [-0.4, -0.2) is 52.9 Å². The van der Waals surface area contributed by atoms with Gasteiger partial charge in [-0.2, -0.15) is 0 Å². The number of nitrogens with two attached hydrogens (primary N) is 1. The van der Waals surface area contributed by atoms with Crippen molar-refractivity contribution in [2.75, 3.05) is 38.6 Å². The van der Waals surface area contributed by atoms with Crippen molar-refractivity contribution in [3.05, 3.63) is 30.6 Å². The predicted octanol–water partition coefficient (Wildman–Crippen LogP) is 3.20. The third kappa shape index (κ3) is 4.87. The number of ether oxygens (including phenoxy) is 1. The van der Waals surface area contributed by atoms with Gasteiger partial charge in [-0.05, 0) is 61.6 Å². The molecule has 2 saturated heterocycles. The molecule has 2 aromatic heterocycles. The summed E-state index contributed by atoms with van der Waals surface area (Å²) in [5.74, 6) is 3.49. The molecule has 5 rings (SSSR count). The maximum atomic E-state index is 5.42. The Balaban J connectivity index is 0.000000137. The van der Waals surface area contributed by atoms with Gasteiger partial charge in [-0.3, -0.25) is 0 Å². The molecular weight excluding hydrogens is 338 g/mol. The summed E-state index contributed by atoms with van der Waals surface area (Å²) in [6.45, 7) is 6.18. The van der Waals surface area contributed by atoms with Gasteiger partial charge in [0.15, 0.2) is 0 Å². The van der Waals surface area contributed by atoms with Crippen LogP contribution in [0.15, 0.2) is 30.6 Å². The van der Waals surface area contributed by atoms with Crippen LogP contribution in [0, 0.1) is 17.8 Å². The van der Waals surface area contributed by atoms with Gasteiger partial charge in [0.1, 0.15) is 5.82 Å². The quantitative estimate of drug-likeness (QED) is 0.868. The molecule has 3 N–H and O–H groups in total. The molecule has 1 saturated carbocycles. The maximum Gasteiger partial charge on any atom is 0.146 e. The highest BCUT2D eigenvalue weighted by molar-refractivity contribution is 5.57. The summed E-state index contributed by atoms with van der Waals surface area (Å²) in [5, 5.41) is 7.67. The lowest BCUT2D eigenvalue weighted by Crippen LogP contribution is -2.31. The molecule has 2 atom stereocenters. The zero-order valence-electron chi connectivity index (χ0n) is 16.0. The SMILES string of the molecule is C1CC2CN(CC3CCOCC3)C[C@@H]2C1.Nc1ccc(-c2cc[nH]c2)nn1. The van der Waals surface area contributed by atoms with Gasteiger partial charge in [-0.15, -0.1) is 10.2 Å². The van der Waals surface area contributed by atoms with Crippen molar-refractivity contribution < 1.29 is 4.74 Å². The first-order chi connectivity index (χ1) is 13.3. The number of fused-ring (bicyclic) bond motifs is 1. The molecule has 1 aliphatic carbocycles. The number of rotatable bonds is 3. The molecule has 6 heteroatoms. The van der Waals surface area contributed by atoms with E-state index in [1.54, 1.807) is 6.07 Å². The van der Waals surface area contributed by atoms with Gasteiger partial charge in [0.05, 0.1) is 5.69 Å². The summed E-state index contributed by atoms with van der Waals surface area (Å²) in [4.78, 5) is 5.68. The van der Waals surface area contributed by atoms with Gasteiger partial charge in [-0.1, -0.05) is 6.42 Å². The van der Waals surface area contributed by atoms with E-state index in [2.05, 4.69) is 20.1 Å². The molecule has 2 aromatic rings. The van der Waals surface area contributed by atoms with Crippen molar-refractivity contribution in [2.24, 2.45) is 17.8 Å². The summed E-state index contributed by atoms with van der Waals surface area (Å²) in [5.41, 5.74) is 7.24. The predicted molar refractivity (Wildman–Crippen MR) is 107 cm³/mol. The first-order valence-electron chi connectivity index (χ1n) is 10.3. The second-order valence-corrected chi connectivity index (χ2v) is 8.17. The van der Waals surface area contributed by atoms with Crippen LogP contribution in [0.1, 0.15) is 32.1 Å². The lowest BCUT2D eigenvalue weighted by atomic mass is 10.00. The molecule has 146 valence electrons. The van der Waals surface area contributed by atoms with E-state index in [-0.39, 0.29) is 0 Å². The van der Waals surface area contributed by atoms with Gasteiger partial charge in [0.25, 0.3) is 0 Å². The van der Waals surface area contributed by atoms with Gasteiger partial charge < -0.3 is 20.4 Å². The number of H-pyrrole nitrogens is 1. The average Bonchev–Trinajstić information content (AvgIpc) is 3.41. The fourth-order valence-corrected chi connectivity index (χ4v) is 4.76. The Morgan fingerprint density at radius 3 is 2.44 bits per heavy atom. The number of anilines is 1. The molecule has 0 radical (unpaired) electrons. The minimum absolute atomic E-state index is 0.439. The molecule has 3 fully saturated rings. The topological polar surface area (TPSA) is 80.1 Å². The Kier molecular flexibility index (Phi) is 6.04. The van der Waals surface area contributed by atoms with E-state index in [4.69, 9.17) is 10.5 Å². The number of aromatic nitrogens is 3. The van der Waals surface area contributed by atoms with Crippen LogP contribution < -0.4 is 5.73 Å². The van der Waals surface area contributed by atoms with E-state index in [1.165, 1.54) is 51.7 Å². The number of nitrogen functional groups attached to an aromatic ring is 1.